The van der Waals surface area contributed by atoms with Crippen LogP contribution in [0.25, 0.3) is 0 Å². The lowest BCUT2D eigenvalue weighted by Crippen LogP contribution is -2.37. The van der Waals surface area contributed by atoms with Crippen LogP contribution in [0.5, 0.6) is 0 Å². The molecule has 3 N–H and O–H groups in total. The summed E-state index contributed by atoms with van der Waals surface area (Å²) < 4.78 is 5.27. The molecule has 0 aromatic carbocycles. The maximum absolute atomic E-state index is 11.5. The zero-order valence-corrected chi connectivity index (χ0v) is 8.79. The second-order valence-electron chi connectivity index (χ2n) is 3.93. The summed E-state index contributed by atoms with van der Waals surface area (Å²) in [5, 5.41) is 2.89. The van der Waals surface area contributed by atoms with Gasteiger partial charge in [-0.25, -0.2) is 0 Å². The molecule has 1 fully saturated rings. The summed E-state index contributed by atoms with van der Waals surface area (Å²) >= 11 is 0. The van der Waals surface area contributed by atoms with Crippen molar-refractivity contribution in [1.29, 1.82) is 0 Å². The van der Waals surface area contributed by atoms with Crippen LogP contribution in [0.15, 0.2) is 0 Å². The number of hydrogen-bond donors (Lipinski definition) is 2. The van der Waals surface area contributed by atoms with Crippen molar-refractivity contribution in [2.75, 3.05) is 19.7 Å². The summed E-state index contributed by atoms with van der Waals surface area (Å²) in [4.78, 5) is 11.5. The molecule has 0 aliphatic carbocycles. The van der Waals surface area contributed by atoms with Gasteiger partial charge in [0.1, 0.15) is 6.10 Å². The molecule has 1 amide bonds. The molecule has 1 aliphatic rings. The van der Waals surface area contributed by atoms with Crippen molar-refractivity contribution in [2.24, 2.45) is 11.7 Å². The second-order valence-corrected chi connectivity index (χ2v) is 3.93. The normalized spacial score (nSPS) is 23.4. The highest BCUT2D eigenvalue weighted by atomic mass is 16.5. The van der Waals surface area contributed by atoms with Crippen LogP contribution >= 0.6 is 0 Å². The lowest BCUT2D eigenvalue weighted by Gasteiger charge is -2.14. The van der Waals surface area contributed by atoms with Crippen LogP contribution in [0.2, 0.25) is 0 Å². The first-order chi connectivity index (χ1) is 6.74. The van der Waals surface area contributed by atoms with E-state index in [-0.39, 0.29) is 12.0 Å². The first kappa shape index (κ1) is 11.5. The molecular weight excluding hydrogens is 180 g/mol. The maximum Gasteiger partial charge on any atom is 0.249 e. The van der Waals surface area contributed by atoms with Crippen LogP contribution < -0.4 is 11.1 Å². The Morgan fingerprint density at radius 3 is 3.07 bits per heavy atom. The molecule has 14 heavy (non-hydrogen) atoms. The van der Waals surface area contributed by atoms with E-state index in [9.17, 15) is 4.79 Å². The molecule has 0 aromatic rings. The largest absolute Gasteiger partial charge is 0.368 e. The Balaban J connectivity index is 2.13. The fourth-order valence-electron chi connectivity index (χ4n) is 1.56. The average molecular weight is 200 g/mol. The van der Waals surface area contributed by atoms with Gasteiger partial charge in [0.15, 0.2) is 0 Å². The molecular formula is C10H20N2O2. The quantitative estimate of drug-likeness (QED) is 0.669. The molecule has 0 saturated carbocycles. The van der Waals surface area contributed by atoms with Crippen molar-refractivity contribution >= 4 is 5.91 Å². The fourth-order valence-corrected chi connectivity index (χ4v) is 1.56. The van der Waals surface area contributed by atoms with Crippen LogP contribution in [0, 0.1) is 5.92 Å². The summed E-state index contributed by atoms with van der Waals surface area (Å²) in [7, 11) is 0. The van der Waals surface area contributed by atoms with Gasteiger partial charge in [0, 0.05) is 13.2 Å². The van der Waals surface area contributed by atoms with E-state index in [0.29, 0.717) is 19.0 Å². The van der Waals surface area contributed by atoms with E-state index in [1.165, 1.54) is 0 Å². The third kappa shape index (κ3) is 3.64. The van der Waals surface area contributed by atoms with Gasteiger partial charge in [0.05, 0.1) is 0 Å². The molecule has 2 atom stereocenters. The number of rotatable bonds is 5. The smallest absolute Gasteiger partial charge is 0.249 e. The lowest BCUT2D eigenvalue weighted by molar-refractivity contribution is -0.130. The summed E-state index contributed by atoms with van der Waals surface area (Å²) in [6.45, 7) is 4.19. The zero-order chi connectivity index (χ0) is 10.4. The minimum Gasteiger partial charge on any atom is -0.368 e. The van der Waals surface area contributed by atoms with E-state index < -0.39 is 0 Å². The Labute approximate surface area is 85.2 Å². The number of ether oxygens (including phenoxy) is 1. The molecule has 0 bridgehead atoms. The molecule has 2 unspecified atom stereocenters. The Bertz CT molecular complexity index is 179. The van der Waals surface area contributed by atoms with Gasteiger partial charge < -0.3 is 15.8 Å². The first-order valence-electron chi connectivity index (χ1n) is 5.33. The van der Waals surface area contributed by atoms with Crippen LogP contribution in [0.3, 0.4) is 0 Å². The molecule has 0 aromatic heterocycles. The van der Waals surface area contributed by atoms with Crippen LogP contribution in [0.4, 0.5) is 0 Å². The zero-order valence-electron chi connectivity index (χ0n) is 8.79. The van der Waals surface area contributed by atoms with Gasteiger partial charge in [-0.15, -0.1) is 0 Å². The van der Waals surface area contributed by atoms with Gasteiger partial charge in [0.25, 0.3) is 0 Å². The van der Waals surface area contributed by atoms with Gasteiger partial charge in [-0.1, -0.05) is 6.92 Å². The van der Waals surface area contributed by atoms with Crippen molar-refractivity contribution in [2.45, 2.75) is 32.3 Å². The van der Waals surface area contributed by atoms with Crippen molar-refractivity contribution < 1.29 is 9.53 Å². The van der Waals surface area contributed by atoms with E-state index in [2.05, 4.69) is 12.2 Å². The Morgan fingerprint density at radius 1 is 1.71 bits per heavy atom. The average Bonchev–Trinajstić information content (AvgIpc) is 2.67. The van der Waals surface area contributed by atoms with E-state index in [4.69, 9.17) is 10.5 Å². The Kier molecular flexibility index (Phi) is 4.90. The summed E-state index contributed by atoms with van der Waals surface area (Å²) in [5.74, 6) is 0.483. The highest BCUT2D eigenvalue weighted by Crippen LogP contribution is 2.11. The molecule has 0 spiro atoms. The predicted molar refractivity (Wildman–Crippen MR) is 54.8 cm³/mol. The third-order valence-corrected chi connectivity index (χ3v) is 2.51. The van der Waals surface area contributed by atoms with E-state index >= 15 is 0 Å². The number of carbonyl (C=O) groups is 1. The van der Waals surface area contributed by atoms with Gasteiger partial charge >= 0.3 is 0 Å². The third-order valence-electron chi connectivity index (χ3n) is 2.51. The van der Waals surface area contributed by atoms with E-state index in [0.717, 1.165) is 25.9 Å². The number of carbonyl (C=O) groups excluding carboxylic acids is 1. The van der Waals surface area contributed by atoms with Crippen molar-refractivity contribution in [3.63, 3.8) is 0 Å². The van der Waals surface area contributed by atoms with Crippen molar-refractivity contribution in [3.8, 4) is 0 Å². The molecule has 1 saturated heterocycles. The number of nitrogens with two attached hydrogens (primary N) is 1. The van der Waals surface area contributed by atoms with Gasteiger partial charge in [-0.3, -0.25) is 4.79 Å². The van der Waals surface area contributed by atoms with Crippen molar-refractivity contribution in [1.82, 2.24) is 5.32 Å². The second kappa shape index (κ2) is 5.98. The van der Waals surface area contributed by atoms with E-state index in [1.54, 1.807) is 0 Å². The van der Waals surface area contributed by atoms with Crippen molar-refractivity contribution in [3.05, 3.63) is 0 Å². The molecule has 1 heterocycles. The van der Waals surface area contributed by atoms with Crippen LogP contribution in [-0.4, -0.2) is 31.7 Å². The summed E-state index contributed by atoms with van der Waals surface area (Å²) in [6, 6.07) is 0. The first-order valence-corrected chi connectivity index (χ1v) is 5.33. The SMILES string of the molecule is CC(CCN)CNC(=O)C1CCCO1. The van der Waals surface area contributed by atoms with Gasteiger partial charge in [0.2, 0.25) is 5.91 Å². The van der Waals surface area contributed by atoms with Crippen LogP contribution in [-0.2, 0) is 9.53 Å². The molecule has 82 valence electrons. The number of hydrogen-bond acceptors (Lipinski definition) is 3. The Hall–Kier alpha value is -0.610. The molecule has 1 aliphatic heterocycles. The molecule has 1 rings (SSSR count). The number of amides is 1. The maximum atomic E-state index is 11.5. The Morgan fingerprint density at radius 2 is 2.50 bits per heavy atom. The predicted octanol–water partition coefficient (Wildman–Crippen LogP) is 0.267. The highest BCUT2D eigenvalue weighted by Gasteiger charge is 2.23. The van der Waals surface area contributed by atoms with Crippen LogP contribution in [0.1, 0.15) is 26.2 Å². The fraction of sp³-hybridized carbons (Fsp3) is 0.900. The minimum atomic E-state index is -0.208. The highest BCUT2D eigenvalue weighted by molar-refractivity contribution is 5.80. The lowest BCUT2D eigenvalue weighted by atomic mass is 10.1. The summed E-state index contributed by atoms with van der Waals surface area (Å²) in [5.41, 5.74) is 5.42. The number of nitrogens with one attached hydrogen (secondary N) is 1. The summed E-state index contributed by atoms with van der Waals surface area (Å²) in [6.07, 6.45) is 2.60. The monoisotopic (exact) mass is 200 g/mol. The molecule has 4 heteroatoms. The standard InChI is InChI=1S/C10H20N2O2/c1-8(4-5-11)7-12-10(13)9-3-2-6-14-9/h8-9H,2-7,11H2,1H3,(H,12,13). The van der Waals surface area contributed by atoms with E-state index in [1.807, 2.05) is 0 Å². The molecule has 4 nitrogen and oxygen atoms in total. The topological polar surface area (TPSA) is 64.3 Å². The van der Waals surface area contributed by atoms with Gasteiger partial charge in [-0.2, -0.15) is 0 Å². The minimum absolute atomic E-state index is 0.0337. The molecule has 0 radical (unpaired) electrons. The van der Waals surface area contributed by atoms with Gasteiger partial charge in [-0.05, 0) is 31.7 Å².